The number of amides is 1. The molecule has 39 heavy (non-hydrogen) atoms. The lowest BCUT2D eigenvalue weighted by Gasteiger charge is -2.31. The number of halogens is 1. The van der Waals surface area contributed by atoms with Gasteiger partial charge < -0.3 is 19.5 Å². The molecule has 0 unspecified atom stereocenters. The van der Waals surface area contributed by atoms with Crippen molar-refractivity contribution in [1.29, 1.82) is 0 Å². The van der Waals surface area contributed by atoms with Crippen LogP contribution < -0.4 is 4.74 Å². The fourth-order valence-electron chi connectivity index (χ4n) is 5.01. The molecule has 2 saturated heterocycles. The van der Waals surface area contributed by atoms with Gasteiger partial charge in [-0.3, -0.25) is 14.5 Å². The van der Waals surface area contributed by atoms with Crippen LogP contribution in [0.25, 0.3) is 5.76 Å². The summed E-state index contributed by atoms with van der Waals surface area (Å²) in [6, 6.07) is 19.6. The number of ether oxygens (including phenoxy) is 2. The van der Waals surface area contributed by atoms with Gasteiger partial charge in [0.1, 0.15) is 23.9 Å². The number of aliphatic hydroxyl groups excluding tert-OH is 1. The van der Waals surface area contributed by atoms with Gasteiger partial charge in [0.25, 0.3) is 11.7 Å². The minimum absolute atomic E-state index is 0.0120. The minimum Gasteiger partial charge on any atom is -0.507 e. The van der Waals surface area contributed by atoms with E-state index in [0.29, 0.717) is 43.2 Å². The Morgan fingerprint density at radius 3 is 2.41 bits per heavy atom. The number of nitrogens with zero attached hydrogens (tertiary/aromatic N) is 2. The van der Waals surface area contributed by atoms with E-state index in [0.717, 1.165) is 24.2 Å². The average molecular weight is 531 g/mol. The van der Waals surface area contributed by atoms with Crippen LogP contribution in [0.1, 0.15) is 28.3 Å². The van der Waals surface area contributed by atoms with Crippen LogP contribution in [0.4, 0.5) is 4.39 Å². The molecular formula is C31H31FN2O5. The number of carbonyl (C=O) groups excluding carboxylic acids is 2. The van der Waals surface area contributed by atoms with Crippen molar-refractivity contribution in [2.45, 2.75) is 19.6 Å². The first-order valence-electron chi connectivity index (χ1n) is 13.0. The molecule has 1 N–H and O–H groups in total. The van der Waals surface area contributed by atoms with Gasteiger partial charge in [-0.05, 0) is 54.4 Å². The van der Waals surface area contributed by atoms with Crippen LogP contribution in [-0.4, -0.2) is 66.0 Å². The lowest BCUT2D eigenvalue weighted by Crippen LogP contribution is -2.42. The maximum atomic E-state index is 13.7. The summed E-state index contributed by atoms with van der Waals surface area (Å²) in [5.74, 6) is -1.54. The standard InChI is InChI=1S/C31H31FN2O5/c1-21-3-2-4-22(19-21)20-39-26-11-7-24(8-12-26)29(35)27-28(23-5-9-25(32)10-6-23)34(31(37)30(27)36)14-13-33-15-17-38-18-16-33/h2-12,19,28,35H,13-18,20H2,1H3/b29-27+/t28-/m1/s1. The monoisotopic (exact) mass is 530 g/mol. The van der Waals surface area contributed by atoms with E-state index in [1.165, 1.54) is 17.0 Å². The van der Waals surface area contributed by atoms with Crippen molar-refractivity contribution in [3.05, 3.63) is 106 Å². The van der Waals surface area contributed by atoms with E-state index in [1.54, 1.807) is 36.4 Å². The van der Waals surface area contributed by atoms with Crippen LogP contribution in [-0.2, 0) is 20.9 Å². The average Bonchev–Trinajstić information content (AvgIpc) is 3.21. The number of morpholine rings is 1. The van der Waals surface area contributed by atoms with E-state index in [2.05, 4.69) is 4.90 Å². The Kier molecular flexibility index (Phi) is 8.05. The van der Waals surface area contributed by atoms with Crippen LogP contribution >= 0.6 is 0 Å². The number of aryl methyl sites for hydroxylation is 1. The Bertz CT molecular complexity index is 1360. The SMILES string of the molecule is Cc1cccc(COc2ccc(/C(O)=C3\C(=O)C(=O)N(CCN4CCOCC4)[C@@H]3c3ccc(F)cc3)cc2)c1. The van der Waals surface area contributed by atoms with Crippen molar-refractivity contribution < 1.29 is 28.6 Å². The first kappa shape index (κ1) is 26.6. The van der Waals surface area contributed by atoms with Crippen LogP contribution in [0.3, 0.4) is 0 Å². The van der Waals surface area contributed by atoms with Gasteiger partial charge in [0.15, 0.2) is 0 Å². The van der Waals surface area contributed by atoms with Gasteiger partial charge in [0.05, 0.1) is 24.8 Å². The molecule has 3 aromatic rings. The molecule has 8 heteroatoms. The maximum absolute atomic E-state index is 13.7. The van der Waals surface area contributed by atoms with Crippen molar-refractivity contribution in [2.75, 3.05) is 39.4 Å². The van der Waals surface area contributed by atoms with Crippen LogP contribution in [0.2, 0.25) is 0 Å². The van der Waals surface area contributed by atoms with Crippen molar-refractivity contribution in [1.82, 2.24) is 9.80 Å². The topological polar surface area (TPSA) is 79.3 Å². The number of ketones is 1. The number of Topliss-reactive ketones (excluding diaryl/α,β-unsaturated/α-hetero) is 1. The van der Waals surface area contributed by atoms with Crippen molar-refractivity contribution in [3.8, 4) is 5.75 Å². The van der Waals surface area contributed by atoms with Crippen molar-refractivity contribution in [3.63, 3.8) is 0 Å². The van der Waals surface area contributed by atoms with Crippen LogP contribution in [0.15, 0.2) is 78.4 Å². The summed E-state index contributed by atoms with van der Waals surface area (Å²) in [5, 5.41) is 11.3. The Morgan fingerprint density at radius 1 is 1.00 bits per heavy atom. The van der Waals surface area contributed by atoms with E-state index in [4.69, 9.17) is 9.47 Å². The molecule has 0 saturated carbocycles. The number of rotatable bonds is 8. The van der Waals surface area contributed by atoms with Crippen LogP contribution in [0.5, 0.6) is 5.75 Å². The molecule has 202 valence electrons. The molecule has 1 atom stereocenters. The van der Waals surface area contributed by atoms with Crippen molar-refractivity contribution in [2.24, 2.45) is 0 Å². The summed E-state index contributed by atoms with van der Waals surface area (Å²) >= 11 is 0. The number of likely N-dealkylation sites (tertiary alicyclic amines) is 1. The van der Waals surface area contributed by atoms with Crippen molar-refractivity contribution >= 4 is 17.4 Å². The highest BCUT2D eigenvalue weighted by Crippen LogP contribution is 2.39. The smallest absolute Gasteiger partial charge is 0.295 e. The molecule has 2 heterocycles. The summed E-state index contributed by atoms with van der Waals surface area (Å²) in [5.41, 5.74) is 3.11. The normalized spacial score (nSPS) is 19.4. The number of carbonyl (C=O) groups is 2. The second-order valence-corrected chi connectivity index (χ2v) is 9.80. The summed E-state index contributed by atoms with van der Waals surface area (Å²) in [6.45, 7) is 5.97. The molecule has 0 spiro atoms. The zero-order valence-electron chi connectivity index (χ0n) is 21.8. The predicted molar refractivity (Wildman–Crippen MR) is 145 cm³/mol. The molecule has 2 fully saturated rings. The fraction of sp³-hybridized carbons (Fsp3) is 0.290. The van der Waals surface area contributed by atoms with Gasteiger partial charge in [-0.1, -0.05) is 42.0 Å². The largest absolute Gasteiger partial charge is 0.507 e. The van der Waals surface area contributed by atoms with Crippen LogP contribution in [0, 0.1) is 12.7 Å². The molecule has 0 aliphatic carbocycles. The lowest BCUT2D eigenvalue weighted by molar-refractivity contribution is -0.140. The van der Waals surface area contributed by atoms with Gasteiger partial charge >= 0.3 is 0 Å². The number of hydrogen-bond acceptors (Lipinski definition) is 6. The molecule has 0 radical (unpaired) electrons. The molecule has 0 aromatic heterocycles. The summed E-state index contributed by atoms with van der Waals surface area (Å²) < 4.78 is 25.0. The molecule has 1 amide bonds. The molecule has 0 bridgehead atoms. The number of hydrogen-bond donors (Lipinski definition) is 1. The van der Waals surface area contributed by atoms with Gasteiger partial charge in [0, 0.05) is 31.7 Å². The summed E-state index contributed by atoms with van der Waals surface area (Å²) in [4.78, 5) is 30.0. The van der Waals surface area contributed by atoms with E-state index in [1.807, 2.05) is 31.2 Å². The molecule has 5 rings (SSSR count). The first-order valence-corrected chi connectivity index (χ1v) is 13.0. The van der Waals surface area contributed by atoms with E-state index >= 15 is 0 Å². The van der Waals surface area contributed by atoms with E-state index in [9.17, 15) is 19.1 Å². The second kappa shape index (κ2) is 11.8. The minimum atomic E-state index is -0.830. The molecule has 2 aliphatic heterocycles. The summed E-state index contributed by atoms with van der Waals surface area (Å²) in [7, 11) is 0. The third-order valence-corrected chi connectivity index (χ3v) is 7.10. The lowest BCUT2D eigenvalue weighted by atomic mass is 9.95. The quantitative estimate of drug-likeness (QED) is 0.263. The zero-order chi connectivity index (χ0) is 27.4. The third-order valence-electron chi connectivity index (χ3n) is 7.10. The fourth-order valence-corrected chi connectivity index (χ4v) is 5.01. The first-order chi connectivity index (χ1) is 18.9. The molecule has 3 aromatic carbocycles. The number of benzene rings is 3. The zero-order valence-corrected chi connectivity index (χ0v) is 21.8. The Labute approximate surface area is 227 Å². The predicted octanol–water partition coefficient (Wildman–Crippen LogP) is 4.47. The van der Waals surface area contributed by atoms with E-state index < -0.39 is 23.5 Å². The van der Waals surface area contributed by atoms with Gasteiger partial charge in [-0.2, -0.15) is 0 Å². The molecule has 2 aliphatic rings. The number of aliphatic hydroxyl groups is 1. The second-order valence-electron chi connectivity index (χ2n) is 9.80. The summed E-state index contributed by atoms with van der Waals surface area (Å²) in [6.07, 6.45) is 0. The van der Waals surface area contributed by atoms with E-state index in [-0.39, 0.29) is 17.9 Å². The highest BCUT2D eigenvalue weighted by atomic mass is 19.1. The molecular weight excluding hydrogens is 499 g/mol. The highest BCUT2D eigenvalue weighted by molar-refractivity contribution is 6.46. The third kappa shape index (κ3) is 6.02. The van der Waals surface area contributed by atoms with Gasteiger partial charge in [0.2, 0.25) is 0 Å². The Hall–Kier alpha value is -4.01. The Balaban J connectivity index is 1.41. The molecule has 7 nitrogen and oxygen atoms in total. The maximum Gasteiger partial charge on any atom is 0.295 e. The van der Waals surface area contributed by atoms with Gasteiger partial charge in [-0.25, -0.2) is 4.39 Å². The Morgan fingerprint density at radius 2 is 1.72 bits per heavy atom. The highest BCUT2D eigenvalue weighted by Gasteiger charge is 2.46. The van der Waals surface area contributed by atoms with Gasteiger partial charge in [-0.15, -0.1) is 0 Å².